The Balaban J connectivity index is 1.75. The highest BCUT2D eigenvalue weighted by atomic mass is 32.2. The molecule has 1 N–H and O–H groups in total. The Hall–Kier alpha value is -2.91. The normalized spacial score (nSPS) is 12.5. The summed E-state index contributed by atoms with van der Waals surface area (Å²) in [7, 11) is 1.72. The van der Waals surface area contributed by atoms with Crippen LogP contribution in [-0.4, -0.2) is 12.2 Å². The molecule has 0 unspecified atom stereocenters. The Bertz CT molecular complexity index is 1270. The van der Waals surface area contributed by atoms with E-state index in [4.69, 9.17) is 4.74 Å². The van der Waals surface area contributed by atoms with Crippen LogP contribution >= 0.6 is 11.8 Å². The number of methoxy groups -OCH3 is 1. The molecule has 0 saturated carbocycles. The molecule has 0 aliphatic heterocycles. The lowest BCUT2D eigenvalue weighted by molar-refractivity contribution is 0.405. The first-order chi connectivity index (χ1) is 14.6. The van der Waals surface area contributed by atoms with Gasteiger partial charge in [0.1, 0.15) is 11.5 Å². The second kappa shape index (κ2) is 7.41. The van der Waals surface area contributed by atoms with E-state index in [1.807, 2.05) is 6.07 Å². The van der Waals surface area contributed by atoms with Crippen LogP contribution in [0.1, 0.15) is 22.3 Å². The summed E-state index contributed by atoms with van der Waals surface area (Å²) < 4.78 is 5.82. The highest BCUT2D eigenvalue weighted by Crippen LogP contribution is 2.47. The second-order valence-corrected chi connectivity index (χ2v) is 9.01. The number of fused-ring (bicyclic) bond motifs is 5. The topological polar surface area (TPSA) is 29.5 Å². The largest absolute Gasteiger partial charge is 0.507 e. The number of rotatable bonds is 3. The fraction of sp³-hybridized carbons (Fsp3) is 0.185. The molecule has 150 valence electrons. The maximum Gasteiger partial charge on any atom is 0.133 e. The van der Waals surface area contributed by atoms with E-state index in [2.05, 4.69) is 68.4 Å². The van der Waals surface area contributed by atoms with Gasteiger partial charge in [0.25, 0.3) is 0 Å². The molecule has 0 amide bonds. The van der Waals surface area contributed by atoms with Gasteiger partial charge in [-0.1, -0.05) is 54.2 Å². The van der Waals surface area contributed by atoms with Gasteiger partial charge < -0.3 is 9.84 Å². The molecular formula is C27H24O2S. The average molecular weight is 413 g/mol. The van der Waals surface area contributed by atoms with Crippen molar-refractivity contribution in [2.75, 3.05) is 7.11 Å². The van der Waals surface area contributed by atoms with Gasteiger partial charge in [-0.15, -0.1) is 0 Å². The summed E-state index contributed by atoms with van der Waals surface area (Å²) in [5.74, 6) is 1.18. The lowest BCUT2D eigenvalue weighted by Crippen LogP contribution is -2.04. The third-order valence-electron chi connectivity index (χ3n) is 6.05. The van der Waals surface area contributed by atoms with Crippen molar-refractivity contribution in [3.63, 3.8) is 0 Å². The molecule has 30 heavy (non-hydrogen) atoms. The van der Waals surface area contributed by atoms with Gasteiger partial charge in [-0.25, -0.2) is 0 Å². The fourth-order valence-electron chi connectivity index (χ4n) is 4.54. The highest BCUT2D eigenvalue weighted by molar-refractivity contribution is 7.99. The van der Waals surface area contributed by atoms with E-state index in [0.29, 0.717) is 5.75 Å². The monoisotopic (exact) mass is 412 g/mol. The van der Waals surface area contributed by atoms with Crippen LogP contribution in [0.25, 0.3) is 21.9 Å². The Morgan fingerprint density at radius 3 is 2.33 bits per heavy atom. The standard InChI is InChI=1S/C27H24O2S/c1-16-7-6-8-17(2)27(16)30-25-15-21-22(14-24(25)29-3)26-19(13-23(21)28)12-11-18-9-4-5-10-20(18)26/h4-10,13-15,28H,11-12H2,1-3H3. The van der Waals surface area contributed by atoms with E-state index in [9.17, 15) is 5.11 Å². The molecule has 1 aliphatic rings. The zero-order valence-corrected chi connectivity index (χ0v) is 18.3. The number of phenols is 1. The van der Waals surface area contributed by atoms with Crippen LogP contribution in [0.3, 0.4) is 0 Å². The number of phenolic OH excluding ortho intramolecular Hbond substituents is 1. The van der Waals surface area contributed by atoms with Gasteiger partial charge in [-0.2, -0.15) is 0 Å². The number of benzene rings is 4. The number of aryl methyl sites for hydroxylation is 4. The van der Waals surface area contributed by atoms with Crippen molar-refractivity contribution < 1.29 is 9.84 Å². The van der Waals surface area contributed by atoms with E-state index in [1.54, 1.807) is 18.9 Å². The zero-order chi connectivity index (χ0) is 20.8. The molecule has 0 heterocycles. The summed E-state index contributed by atoms with van der Waals surface area (Å²) in [6.45, 7) is 4.27. The van der Waals surface area contributed by atoms with E-state index < -0.39 is 0 Å². The smallest absolute Gasteiger partial charge is 0.133 e. The molecule has 0 atom stereocenters. The minimum absolute atomic E-state index is 0.342. The first-order valence-electron chi connectivity index (χ1n) is 10.3. The molecule has 0 spiro atoms. The number of ether oxygens (including phenoxy) is 1. The molecule has 0 radical (unpaired) electrons. The van der Waals surface area contributed by atoms with Crippen molar-refractivity contribution in [1.82, 2.24) is 0 Å². The Morgan fingerprint density at radius 2 is 1.57 bits per heavy atom. The minimum atomic E-state index is 0.342. The highest BCUT2D eigenvalue weighted by Gasteiger charge is 2.22. The molecule has 0 saturated heterocycles. The Kier molecular flexibility index (Phi) is 4.71. The number of aromatic hydroxyl groups is 1. The van der Waals surface area contributed by atoms with E-state index in [0.717, 1.165) is 34.3 Å². The van der Waals surface area contributed by atoms with Gasteiger partial charge >= 0.3 is 0 Å². The van der Waals surface area contributed by atoms with Crippen LogP contribution in [0.2, 0.25) is 0 Å². The fourth-order valence-corrected chi connectivity index (χ4v) is 5.64. The SMILES string of the molecule is COc1cc2c3c(cc(O)c2cc1Sc1c(C)cccc1C)CCc1ccccc1-3. The van der Waals surface area contributed by atoms with Crippen molar-refractivity contribution >= 4 is 22.5 Å². The third-order valence-corrected chi connectivity index (χ3v) is 7.44. The molecule has 0 bridgehead atoms. The van der Waals surface area contributed by atoms with Gasteiger partial charge in [0, 0.05) is 10.3 Å². The zero-order valence-electron chi connectivity index (χ0n) is 17.5. The Labute approximate surface area is 181 Å². The summed E-state index contributed by atoms with van der Waals surface area (Å²) in [4.78, 5) is 2.25. The van der Waals surface area contributed by atoms with Crippen LogP contribution in [-0.2, 0) is 12.8 Å². The predicted molar refractivity (Wildman–Crippen MR) is 125 cm³/mol. The van der Waals surface area contributed by atoms with Crippen LogP contribution < -0.4 is 4.74 Å². The molecule has 4 aromatic carbocycles. The second-order valence-electron chi connectivity index (χ2n) is 7.96. The van der Waals surface area contributed by atoms with Crippen molar-refractivity contribution in [2.45, 2.75) is 36.5 Å². The van der Waals surface area contributed by atoms with Crippen LogP contribution in [0.15, 0.2) is 70.5 Å². The summed E-state index contributed by atoms with van der Waals surface area (Å²) in [6, 6.07) is 21.1. The molecule has 2 nitrogen and oxygen atoms in total. The van der Waals surface area contributed by atoms with Gasteiger partial charge in [0.15, 0.2) is 0 Å². The molecule has 5 rings (SSSR count). The van der Waals surface area contributed by atoms with Crippen molar-refractivity contribution in [3.05, 3.63) is 82.9 Å². The summed E-state index contributed by atoms with van der Waals surface area (Å²) in [5.41, 5.74) is 7.55. The van der Waals surface area contributed by atoms with Gasteiger partial charge in [-0.05, 0) is 83.7 Å². The van der Waals surface area contributed by atoms with Crippen LogP contribution in [0.5, 0.6) is 11.5 Å². The molecule has 0 aromatic heterocycles. The third kappa shape index (κ3) is 3.05. The summed E-state index contributed by atoms with van der Waals surface area (Å²) in [5, 5.41) is 12.8. The van der Waals surface area contributed by atoms with Crippen molar-refractivity contribution in [2.24, 2.45) is 0 Å². The average Bonchev–Trinajstić information content (AvgIpc) is 2.75. The van der Waals surface area contributed by atoms with E-state index >= 15 is 0 Å². The molecular weight excluding hydrogens is 388 g/mol. The minimum Gasteiger partial charge on any atom is -0.507 e. The first kappa shape index (κ1) is 19.1. The Morgan fingerprint density at radius 1 is 0.833 bits per heavy atom. The van der Waals surface area contributed by atoms with E-state index in [-0.39, 0.29) is 0 Å². The number of hydrogen-bond donors (Lipinski definition) is 1. The summed E-state index contributed by atoms with van der Waals surface area (Å²) in [6.07, 6.45) is 1.95. The first-order valence-corrected chi connectivity index (χ1v) is 11.1. The van der Waals surface area contributed by atoms with Crippen LogP contribution in [0, 0.1) is 13.8 Å². The van der Waals surface area contributed by atoms with Gasteiger partial charge in [0.2, 0.25) is 0 Å². The maximum atomic E-state index is 10.9. The molecule has 1 aliphatic carbocycles. The molecule has 0 fully saturated rings. The van der Waals surface area contributed by atoms with Crippen LogP contribution in [0.4, 0.5) is 0 Å². The van der Waals surface area contributed by atoms with Gasteiger partial charge in [0.05, 0.1) is 12.0 Å². The lowest BCUT2D eigenvalue weighted by atomic mass is 9.82. The molecule has 4 aromatic rings. The van der Waals surface area contributed by atoms with E-state index in [1.165, 1.54) is 38.3 Å². The van der Waals surface area contributed by atoms with Gasteiger partial charge in [-0.3, -0.25) is 0 Å². The molecule has 3 heteroatoms. The maximum absolute atomic E-state index is 10.9. The predicted octanol–water partition coefficient (Wildman–Crippen LogP) is 7.09. The number of hydrogen-bond acceptors (Lipinski definition) is 3. The van der Waals surface area contributed by atoms with Crippen molar-refractivity contribution in [1.29, 1.82) is 0 Å². The summed E-state index contributed by atoms with van der Waals surface area (Å²) >= 11 is 1.70. The quantitative estimate of drug-likeness (QED) is 0.389. The lowest BCUT2D eigenvalue weighted by Gasteiger charge is -2.23. The van der Waals surface area contributed by atoms with Crippen molar-refractivity contribution in [3.8, 4) is 22.6 Å².